The molecule has 1 fully saturated rings. The Morgan fingerprint density at radius 1 is 1.20 bits per heavy atom. The van der Waals surface area contributed by atoms with Gasteiger partial charge in [0, 0.05) is 58.2 Å². The second kappa shape index (κ2) is 11.6. The zero-order valence-electron chi connectivity index (χ0n) is 19.6. The number of fused-ring (bicyclic) bond motifs is 1. The van der Waals surface area contributed by atoms with Crippen molar-refractivity contribution in [2.45, 2.75) is 18.9 Å². The van der Waals surface area contributed by atoms with Gasteiger partial charge in [-0.3, -0.25) is 14.5 Å². The van der Waals surface area contributed by atoms with E-state index in [1.807, 2.05) is 0 Å². The number of methoxy groups -OCH3 is 1. The lowest BCUT2D eigenvalue weighted by Crippen LogP contribution is -2.55. The van der Waals surface area contributed by atoms with E-state index in [1.165, 1.54) is 12.1 Å². The van der Waals surface area contributed by atoms with Gasteiger partial charge in [0.2, 0.25) is 5.91 Å². The summed E-state index contributed by atoms with van der Waals surface area (Å²) < 4.78 is 18.5. The summed E-state index contributed by atoms with van der Waals surface area (Å²) in [5, 5.41) is 3.96. The molecule has 2 N–H and O–H groups in total. The maximum atomic E-state index is 13.5. The third kappa shape index (κ3) is 6.56. The number of carbonyl (C=O) groups excluding carboxylic acids is 2. The number of hydrogen-bond acceptors (Lipinski definition) is 5. The Kier molecular flexibility index (Phi) is 8.33. The lowest BCUT2D eigenvalue weighted by atomic mass is 10.0. The molecular formula is C25H29ClFN5O3. The van der Waals surface area contributed by atoms with Gasteiger partial charge in [-0.25, -0.2) is 9.37 Å². The summed E-state index contributed by atoms with van der Waals surface area (Å²) in [5.74, 6) is -0.911. The van der Waals surface area contributed by atoms with Crippen LogP contribution in [-0.2, 0) is 16.0 Å². The van der Waals surface area contributed by atoms with Crippen molar-refractivity contribution in [3.8, 4) is 0 Å². The summed E-state index contributed by atoms with van der Waals surface area (Å²) in [6.07, 6.45) is 2.76. The number of carbonyl (C=O) groups is 2. The molecule has 0 unspecified atom stereocenters. The van der Waals surface area contributed by atoms with Gasteiger partial charge < -0.3 is 19.9 Å². The molecule has 1 atom stereocenters. The Labute approximate surface area is 208 Å². The molecule has 35 heavy (non-hydrogen) atoms. The molecule has 1 aliphatic rings. The summed E-state index contributed by atoms with van der Waals surface area (Å²) >= 11 is 5.95. The summed E-state index contributed by atoms with van der Waals surface area (Å²) in [6.45, 7) is 4.33. The molecular weight excluding hydrogens is 473 g/mol. The first kappa shape index (κ1) is 25.1. The van der Waals surface area contributed by atoms with Crippen molar-refractivity contribution in [1.29, 1.82) is 0 Å². The minimum Gasteiger partial charge on any atom is -0.385 e. The molecule has 4 rings (SSSR count). The highest BCUT2D eigenvalue weighted by atomic mass is 35.5. The van der Waals surface area contributed by atoms with Gasteiger partial charge in [0.25, 0.3) is 5.91 Å². The normalized spacial score (nSPS) is 15.3. The lowest BCUT2D eigenvalue weighted by molar-refractivity contribution is -0.135. The quantitative estimate of drug-likeness (QED) is 0.347. The highest BCUT2D eigenvalue weighted by Gasteiger charge is 2.29. The molecule has 186 valence electrons. The van der Waals surface area contributed by atoms with Gasteiger partial charge in [0.15, 0.2) is 0 Å². The number of H-pyrrole nitrogens is 1. The first-order valence-corrected chi connectivity index (χ1v) is 12.0. The first-order chi connectivity index (χ1) is 16.9. The van der Waals surface area contributed by atoms with Crippen LogP contribution >= 0.6 is 11.6 Å². The van der Waals surface area contributed by atoms with E-state index in [2.05, 4.69) is 20.2 Å². The van der Waals surface area contributed by atoms with Crippen LogP contribution in [0.25, 0.3) is 10.9 Å². The van der Waals surface area contributed by atoms with Crippen molar-refractivity contribution in [3.05, 3.63) is 64.8 Å². The average molecular weight is 502 g/mol. The largest absolute Gasteiger partial charge is 0.385 e. The van der Waals surface area contributed by atoms with Crippen molar-refractivity contribution >= 4 is 34.3 Å². The average Bonchev–Trinajstić information content (AvgIpc) is 3.28. The second-order valence-electron chi connectivity index (χ2n) is 8.65. The van der Waals surface area contributed by atoms with Crippen LogP contribution in [0.4, 0.5) is 4.39 Å². The fourth-order valence-corrected chi connectivity index (χ4v) is 4.43. The molecule has 8 nitrogen and oxygen atoms in total. The maximum Gasteiger partial charge on any atom is 0.268 e. The smallest absolute Gasteiger partial charge is 0.268 e. The van der Waals surface area contributed by atoms with Crippen molar-refractivity contribution in [2.75, 3.05) is 46.4 Å². The number of pyridine rings is 1. The molecule has 3 heterocycles. The van der Waals surface area contributed by atoms with E-state index < -0.39 is 11.9 Å². The molecule has 1 aromatic carbocycles. The molecule has 3 aromatic rings. The Balaban J connectivity index is 1.46. The fourth-order valence-electron chi connectivity index (χ4n) is 4.26. The summed E-state index contributed by atoms with van der Waals surface area (Å²) in [4.78, 5) is 37.7. The van der Waals surface area contributed by atoms with E-state index in [-0.39, 0.29) is 18.1 Å². The van der Waals surface area contributed by atoms with Crippen molar-refractivity contribution in [3.63, 3.8) is 0 Å². The van der Waals surface area contributed by atoms with Crippen molar-refractivity contribution in [1.82, 2.24) is 25.1 Å². The number of piperazine rings is 1. The molecule has 1 saturated heterocycles. The summed E-state index contributed by atoms with van der Waals surface area (Å²) in [6, 6.07) is 8.52. The van der Waals surface area contributed by atoms with Gasteiger partial charge in [0.1, 0.15) is 22.7 Å². The van der Waals surface area contributed by atoms with Crippen LogP contribution in [0, 0.1) is 5.82 Å². The zero-order chi connectivity index (χ0) is 24.8. The number of benzene rings is 1. The highest BCUT2D eigenvalue weighted by molar-refractivity contribution is 6.30. The van der Waals surface area contributed by atoms with Crippen LogP contribution in [-0.4, -0.2) is 84.1 Å². The lowest BCUT2D eigenvalue weighted by Gasteiger charge is -2.36. The predicted octanol–water partition coefficient (Wildman–Crippen LogP) is 2.88. The number of amides is 2. The molecule has 0 radical (unpaired) electrons. The maximum absolute atomic E-state index is 13.5. The van der Waals surface area contributed by atoms with Gasteiger partial charge in [-0.1, -0.05) is 23.7 Å². The summed E-state index contributed by atoms with van der Waals surface area (Å²) in [7, 11) is 1.69. The number of nitrogens with one attached hydrogen (secondary N) is 2. The van der Waals surface area contributed by atoms with Crippen LogP contribution in [0.3, 0.4) is 0 Å². The number of aromatic amines is 1. The summed E-state index contributed by atoms with van der Waals surface area (Å²) in [5.41, 5.74) is 1.74. The molecule has 10 heteroatoms. The molecule has 0 aliphatic carbocycles. The molecule has 0 saturated carbocycles. The molecule has 1 aliphatic heterocycles. The molecule has 2 amide bonds. The standard InChI is InChI=1S/C25H29ClFN5O3/c1-35-12-2-7-31-8-10-32(11-9-31)25(34)21(13-17-3-5-19(27)6-4-17)30-24(33)20-14-18-15-23(26)28-16-22(18)29-20/h3-6,14-16,21,29H,2,7-13H2,1H3,(H,30,33)/t21-/m0/s1. The Hall–Kier alpha value is -3.01. The van der Waals surface area contributed by atoms with Crippen LogP contribution in [0.15, 0.2) is 42.6 Å². The van der Waals surface area contributed by atoms with Crippen LogP contribution in [0.5, 0.6) is 0 Å². The monoisotopic (exact) mass is 501 g/mol. The van der Waals surface area contributed by atoms with Gasteiger partial charge in [-0.15, -0.1) is 0 Å². The van der Waals surface area contributed by atoms with E-state index in [9.17, 15) is 14.0 Å². The SMILES string of the molecule is COCCCN1CCN(C(=O)[C@H](Cc2ccc(F)cc2)NC(=O)c2cc3cc(Cl)ncc3[nH]2)CC1. The van der Waals surface area contributed by atoms with E-state index in [4.69, 9.17) is 16.3 Å². The Morgan fingerprint density at radius 2 is 1.94 bits per heavy atom. The number of nitrogens with zero attached hydrogens (tertiary/aromatic N) is 3. The predicted molar refractivity (Wildman–Crippen MR) is 132 cm³/mol. The molecule has 2 aromatic heterocycles. The third-order valence-corrected chi connectivity index (χ3v) is 6.39. The number of ether oxygens (including phenoxy) is 1. The van der Waals surface area contributed by atoms with E-state index in [1.54, 1.807) is 42.5 Å². The Bertz CT molecular complexity index is 1160. The number of aromatic nitrogens is 2. The van der Waals surface area contributed by atoms with Crippen molar-refractivity contribution < 1.29 is 18.7 Å². The van der Waals surface area contributed by atoms with Gasteiger partial charge in [-0.2, -0.15) is 0 Å². The third-order valence-electron chi connectivity index (χ3n) is 6.18. The van der Waals surface area contributed by atoms with Crippen molar-refractivity contribution in [2.24, 2.45) is 0 Å². The second-order valence-corrected chi connectivity index (χ2v) is 9.03. The minimum atomic E-state index is -0.791. The zero-order valence-corrected chi connectivity index (χ0v) is 20.4. The van der Waals surface area contributed by atoms with Crippen LogP contribution in [0.1, 0.15) is 22.5 Å². The van der Waals surface area contributed by atoms with Gasteiger partial charge in [-0.05, 0) is 36.2 Å². The number of rotatable bonds is 9. The number of halogens is 2. The van der Waals surface area contributed by atoms with Crippen LogP contribution < -0.4 is 5.32 Å². The topological polar surface area (TPSA) is 90.6 Å². The number of hydrogen-bond donors (Lipinski definition) is 2. The fraction of sp³-hybridized carbons (Fsp3) is 0.400. The van der Waals surface area contributed by atoms with E-state index >= 15 is 0 Å². The minimum absolute atomic E-state index is 0.153. The van der Waals surface area contributed by atoms with Crippen LogP contribution in [0.2, 0.25) is 5.15 Å². The Morgan fingerprint density at radius 3 is 2.66 bits per heavy atom. The first-order valence-electron chi connectivity index (χ1n) is 11.6. The van der Waals surface area contributed by atoms with E-state index in [0.717, 1.165) is 37.0 Å². The van der Waals surface area contributed by atoms with Gasteiger partial charge in [0.05, 0.1) is 11.7 Å². The van der Waals surface area contributed by atoms with E-state index in [0.29, 0.717) is 36.1 Å². The highest BCUT2D eigenvalue weighted by Crippen LogP contribution is 2.18. The molecule has 0 bridgehead atoms. The molecule has 0 spiro atoms. The van der Waals surface area contributed by atoms with Gasteiger partial charge >= 0.3 is 0 Å².